The average molecular weight is 424 g/mol. The van der Waals surface area contributed by atoms with Gasteiger partial charge < -0.3 is 9.88 Å². The molecule has 1 aliphatic rings. The molecule has 0 radical (unpaired) electrons. The monoisotopic (exact) mass is 423 g/mol. The van der Waals surface area contributed by atoms with E-state index in [1.54, 1.807) is 0 Å². The number of piperidine rings is 1. The number of para-hydroxylation sites is 2. The molecule has 30 heavy (non-hydrogen) atoms. The first-order chi connectivity index (χ1) is 14.4. The number of amides is 1. The third-order valence-corrected chi connectivity index (χ3v) is 6.52. The highest BCUT2D eigenvalue weighted by Crippen LogP contribution is 2.27. The van der Waals surface area contributed by atoms with Crippen LogP contribution in [-0.2, 0) is 4.79 Å². The van der Waals surface area contributed by atoms with Gasteiger partial charge in [0.05, 0.1) is 11.0 Å². The lowest BCUT2D eigenvalue weighted by Gasteiger charge is -2.32. The molecule has 6 heteroatoms. The molecule has 1 N–H and O–H groups in total. The number of hydrogen-bond donors (Lipinski definition) is 1. The molecule has 0 aliphatic carbocycles. The van der Waals surface area contributed by atoms with Crippen molar-refractivity contribution in [1.29, 1.82) is 0 Å². The molecule has 0 spiro atoms. The summed E-state index contributed by atoms with van der Waals surface area (Å²) in [5.74, 6) is 0.0403. The quantitative estimate of drug-likeness (QED) is 0.611. The predicted molar refractivity (Wildman–Crippen MR) is 122 cm³/mol. The Morgan fingerprint density at radius 2 is 1.83 bits per heavy atom. The Labute approximate surface area is 181 Å². The van der Waals surface area contributed by atoms with Gasteiger partial charge in [0.25, 0.3) is 0 Å². The van der Waals surface area contributed by atoms with Crippen LogP contribution in [0.3, 0.4) is 0 Å². The number of halogens is 1. The van der Waals surface area contributed by atoms with Crippen molar-refractivity contribution in [3.8, 4) is 0 Å². The van der Waals surface area contributed by atoms with E-state index >= 15 is 0 Å². The van der Waals surface area contributed by atoms with Crippen LogP contribution in [0.25, 0.3) is 17.1 Å². The number of aryl methyl sites for hydroxylation is 1. The lowest BCUT2D eigenvalue weighted by atomic mass is 9.99. The fourth-order valence-electron chi connectivity index (χ4n) is 4.35. The van der Waals surface area contributed by atoms with Crippen LogP contribution in [0, 0.1) is 13.8 Å². The maximum atomic E-state index is 13.0. The van der Waals surface area contributed by atoms with Crippen molar-refractivity contribution < 1.29 is 4.79 Å². The molecule has 3 aromatic rings. The van der Waals surface area contributed by atoms with Crippen LogP contribution in [0.2, 0.25) is 5.02 Å². The largest absolute Gasteiger partial charge is 0.339 e. The molecule has 2 heterocycles. The normalized spacial score (nSPS) is 15.7. The molecule has 4 rings (SSSR count). The molecule has 1 fully saturated rings. The van der Waals surface area contributed by atoms with Crippen molar-refractivity contribution in [2.24, 2.45) is 0 Å². The summed E-state index contributed by atoms with van der Waals surface area (Å²) in [7, 11) is 0. The van der Waals surface area contributed by atoms with Gasteiger partial charge in [-0.2, -0.15) is 0 Å². The van der Waals surface area contributed by atoms with Crippen molar-refractivity contribution in [3.05, 3.63) is 74.2 Å². The summed E-state index contributed by atoms with van der Waals surface area (Å²) in [6, 6.07) is 11.7. The number of fused-ring (bicyclic) bond motifs is 1. The molecule has 0 atom stereocenters. The Bertz CT molecular complexity index is 1200. The lowest BCUT2D eigenvalue weighted by Crippen LogP contribution is -2.40. The van der Waals surface area contributed by atoms with Crippen molar-refractivity contribution >= 4 is 34.6 Å². The van der Waals surface area contributed by atoms with Crippen molar-refractivity contribution in [1.82, 2.24) is 14.5 Å². The van der Waals surface area contributed by atoms with Gasteiger partial charge in [-0.25, -0.2) is 4.79 Å². The molecule has 0 saturated carbocycles. The van der Waals surface area contributed by atoms with Crippen LogP contribution >= 0.6 is 11.6 Å². The number of aromatic nitrogens is 2. The van der Waals surface area contributed by atoms with Crippen LogP contribution in [0.1, 0.15) is 42.5 Å². The third-order valence-electron chi connectivity index (χ3n) is 6.11. The second-order valence-electron chi connectivity index (χ2n) is 8.07. The van der Waals surface area contributed by atoms with E-state index in [2.05, 4.69) is 4.98 Å². The van der Waals surface area contributed by atoms with E-state index < -0.39 is 0 Å². The number of carbonyl (C=O) groups excluding carboxylic acids is 1. The number of aromatic amines is 1. The molecule has 1 aliphatic heterocycles. The maximum Gasteiger partial charge on any atom is 0.326 e. The lowest BCUT2D eigenvalue weighted by molar-refractivity contribution is -0.128. The van der Waals surface area contributed by atoms with Gasteiger partial charge in [0, 0.05) is 29.7 Å². The van der Waals surface area contributed by atoms with E-state index in [1.165, 1.54) is 0 Å². The fraction of sp³-hybridized carbons (Fsp3) is 0.333. The zero-order valence-corrected chi connectivity index (χ0v) is 18.3. The summed E-state index contributed by atoms with van der Waals surface area (Å²) in [5, 5.41) is 0.706. The van der Waals surface area contributed by atoms with Crippen molar-refractivity contribution in [3.63, 3.8) is 0 Å². The van der Waals surface area contributed by atoms with Crippen LogP contribution in [0.5, 0.6) is 0 Å². The minimum Gasteiger partial charge on any atom is -0.339 e. The van der Waals surface area contributed by atoms with Crippen LogP contribution in [0.15, 0.2) is 46.8 Å². The Morgan fingerprint density at radius 1 is 1.13 bits per heavy atom. The third kappa shape index (κ3) is 3.70. The number of hydrogen-bond acceptors (Lipinski definition) is 2. The maximum absolute atomic E-state index is 13.0. The van der Waals surface area contributed by atoms with E-state index in [0.717, 1.165) is 40.6 Å². The van der Waals surface area contributed by atoms with Crippen LogP contribution in [-0.4, -0.2) is 33.4 Å². The average Bonchev–Trinajstić information content (AvgIpc) is 3.09. The number of nitrogens with zero attached hydrogens (tertiary/aromatic N) is 2. The van der Waals surface area contributed by atoms with E-state index in [9.17, 15) is 9.59 Å². The molecule has 0 bridgehead atoms. The SMILES string of the molecule is C/C(=C\c1c(C)ccc(Cl)c1C)C(=O)N1CCC(n2c(=O)[nH]c3ccccc32)CC1. The van der Waals surface area contributed by atoms with E-state index in [4.69, 9.17) is 11.6 Å². The number of imidazole rings is 1. The van der Waals surface area contributed by atoms with Gasteiger partial charge in [0.15, 0.2) is 0 Å². The van der Waals surface area contributed by atoms with Crippen molar-refractivity contribution in [2.45, 2.75) is 39.7 Å². The van der Waals surface area contributed by atoms with Gasteiger partial charge in [-0.1, -0.05) is 29.8 Å². The molecule has 0 unspecified atom stereocenters. The minimum absolute atomic E-state index is 0.0403. The first kappa shape index (κ1) is 20.5. The first-order valence-corrected chi connectivity index (χ1v) is 10.7. The molecular formula is C24H26ClN3O2. The Morgan fingerprint density at radius 3 is 2.57 bits per heavy atom. The smallest absolute Gasteiger partial charge is 0.326 e. The minimum atomic E-state index is -0.0797. The topological polar surface area (TPSA) is 58.1 Å². The number of benzene rings is 2. The van der Waals surface area contributed by atoms with Gasteiger partial charge in [0.2, 0.25) is 5.91 Å². The van der Waals surface area contributed by atoms with E-state index in [0.29, 0.717) is 23.7 Å². The highest BCUT2D eigenvalue weighted by molar-refractivity contribution is 6.31. The summed E-state index contributed by atoms with van der Waals surface area (Å²) in [6.45, 7) is 7.13. The first-order valence-electron chi connectivity index (χ1n) is 10.3. The Balaban J connectivity index is 1.50. The highest BCUT2D eigenvalue weighted by Gasteiger charge is 2.26. The fourth-order valence-corrected chi connectivity index (χ4v) is 4.52. The summed E-state index contributed by atoms with van der Waals surface area (Å²) >= 11 is 6.26. The Hall–Kier alpha value is -2.79. The second-order valence-corrected chi connectivity index (χ2v) is 8.48. The zero-order valence-electron chi connectivity index (χ0n) is 17.5. The molecule has 1 amide bonds. The summed E-state index contributed by atoms with van der Waals surface area (Å²) in [5.41, 5.74) is 5.49. The molecule has 156 valence electrons. The molecule has 5 nitrogen and oxygen atoms in total. The Kier molecular flexibility index (Phi) is 5.56. The van der Waals surface area contributed by atoms with Gasteiger partial charge in [-0.3, -0.25) is 9.36 Å². The second kappa shape index (κ2) is 8.15. The summed E-state index contributed by atoms with van der Waals surface area (Å²) in [4.78, 5) is 30.3. The number of H-pyrrole nitrogens is 1. The number of nitrogens with one attached hydrogen (secondary N) is 1. The van der Waals surface area contributed by atoms with Gasteiger partial charge in [-0.05, 0) is 74.6 Å². The number of rotatable bonds is 3. The number of carbonyl (C=O) groups is 1. The van der Waals surface area contributed by atoms with Gasteiger partial charge in [0.1, 0.15) is 0 Å². The molecule has 1 aromatic heterocycles. The standard InChI is InChI=1S/C24H26ClN3O2/c1-15-8-9-20(25)17(3)19(15)14-16(2)23(29)27-12-10-18(11-13-27)28-22-7-5-4-6-21(22)26-24(28)30/h4-9,14,18H,10-13H2,1-3H3,(H,26,30)/b16-14+. The molecule has 1 saturated heterocycles. The summed E-state index contributed by atoms with van der Waals surface area (Å²) < 4.78 is 1.85. The van der Waals surface area contributed by atoms with E-state index in [1.807, 2.05) is 72.7 Å². The number of likely N-dealkylation sites (tertiary alicyclic amines) is 1. The van der Waals surface area contributed by atoms with Gasteiger partial charge in [-0.15, -0.1) is 0 Å². The highest BCUT2D eigenvalue weighted by atomic mass is 35.5. The summed E-state index contributed by atoms with van der Waals surface area (Å²) in [6.07, 6.45) is 3.46. The van der Waals surface area contributed by atoms with E-state index in [-0.39, 0.29) is 17.6 Å². The van der Waals surface area contributed by atoms with Crippen LogP contribution < -0.4 is 5.69 Å². The predicted octanol–water partition coefficient (Wildman–Crippen LogP) is 4.87. The van der Waals surface area contributed by atoms with Gasteiger partial charge >= 0.3 is 5.69 Å². The molecule has 2 aromatic carbocycles. The molecular weight excluding hydrogens is 398 g/mol. The van der Waals surface area contributed by atoms with Crippen molar-refractivity contribution in [2.75, 3.05) is 13.1 Å². The zero-order chi connectivity index (χ0) is 21.4. The van der Waals surface area contributed by atoms with Crippen LogP contribution in [0.4, 0.5) is 0 Å².